The van der Waals surface area contributed by atoms with E-state index in [0.29, 0.717) is 22.0 Å². The van der Waals surface area contributed by atoms with Crippen LogP contribution >= 0.6 is 23.2 Å². The molecule has 0 atom stereocenters. The number of nitriles is 1. The largest absolute Gasteiger partial charge is 0.193 e. The Morgan fingerprint density at radius 1 is 1.33 bits per heavy atom. The Labute approximate surface area is 99.9 Å². The Hall–Kier alpha value is -0.970. The van der Waals surface area contributed by atoms with Gasteiger partial charge in [-0.2, -0.15) is 5.26 Å². The zero-order valence-electron chi connectivity index (χ0n) is 8.43. The third kappa shape index (κ3) is 3.27. The summed E-state index contributed by atoms with van der Waals surface area (Å²) in [6, 6.07) is 9.29. The van der Waals surface area contributed by atoms with Gasteiger partial charge < -0.3 is 0 Å². The van der Waals surface area contributed by atoms with Gasteiger partial charge in [0.15, 0.2) is 0 Å². The number of halogens is 2. The van der Waals surface area contributed by atoms with Crippen molar-refractivity contribution in [3.8, 4) is 6.07 Å². The van der Waals surface area contributed by atoms with Crippen LogP contribution in [0.2, 0.25) is 5.02 Å². The molecule has 0 saturated heterocycles. The number of allylic oxidation sites excluding steroid dienone is 1. The standard InChI is InChI=1S/C12H11Cl2N/c1-2-3-10(8-15)12(14)9-4-6-11(13)7-5-9/h4-7H,2-3H2,1H3. The van der Waals surface area contributed by atoms with E-state index in [9.17, 15) is 0 Å². The fourth-order valence-electron chi connectivity index (χ4n) is 1.24. The van der Waals surface area contributed by atoms with Gasteiger partial charge in [0.2, 0.25) is 0 Å². The second-order valence-corrected chi connectivity index (χ2v) is 3.98. The maximum atomic E-state index is 8.93. The molecule has 0 amide bonds. The van der Waals surface area contributed by atoms with Gasteiger partial charge in [0, 0.05) is 10.6 Å². The highest BCUT2D eigenvalue weighted by Crippen LogP contribution is 2.26. The molecule has 0 spiro atoms. The minimum atomic E-state index is 0.524. The summed E-state index contributed by atoms with van der Waals surface area (Å²) >= 11 is 11.9. The molecule has 15 heavy (non-hydrogen) atoms. The van der Waals surface area contributed by atoms with Gasteiger partial charge in [0.25, 0.3) is 0 Å². The predicted molar refractivity (Wildman–Crippen MR) is 64.7 cm³/mol. The highest BCUT2D eigenvalue weighted by Gasteiger charge is 2.05. The molecule has 0 aliphatic heterocycles. The van der Waals surface area contributed by atoms with Crippen molar-refractivity contribution >= 4 is 28.2 Å². The summed E-state index contributed by atoms with van der Waals surface area (Å²) in [6.45, 7) is 2.02. The molecule has 0 aliphatic carbocycles. The molecule has 0 heterocycles. The summed E-state index contributed by atoms with van der Waals surface area (Å²) < 4.78 is 0. The van der Waals surface area contributed by atoms with E-state index in [1.165, 1.54) is 0 Å². The van der Waals surface area contributed by atoms with Gasteiger partial charge >= 0.3 is 0 Å². The van der Waals surface area contributed by atoms with E-state index in [1.807, 2.05) is 19.1 Å². The minimum Gasteiger partial charge on any atom is -0.193 e. The number of nitrogens with zero attached hydrogens (tertiary/aromatic N) is 1. The quantitative estimate of drug-likeness (QED) is 0.707. The monoisotopic (exact) mass is 239 g/mol. The van der Waals surface area contributed by atoms with Gasteiger partial charge in [0.1, 0.15) is 0 Å². The van der Waals surface area contributed by atoms with Crippen LogP contribution in [0.1, 0.15) is 25.3 Å². The number of hydrogen-bond donors (Lipinski definition) is 0. The van der Waals surface area contributed by atoms with Crippen molar-refractivity contribution in [2.75, 3.05) is 0 Å². The maximum Gasteiger partial charge on any atom is 0.0962 e. The second-order valence-electron chi connectivity index (χ2n) is 3.16. The molecule has 0 fully saturated rings. The first-order valence-electron chi connectivity index (χ1n) is 4.73. The lowest BCUT2D eigenvalue weighted by atomic mass is 10.1. The van der Waals surface area contributed by atoms with Gasteiger partial charge in [-0.1, -0.05) is 48.7 Å². The smallest absolute Gasteiger partial charge is 0.0962 e. The van der Waals surface area contributed by atoms with E-state index < -0.39 is 0 Å². The molecule has 0 aromatic heterocycles. The van der Waals surface area contributed by atoms with Crippen LogP contribution in [-0.2, 0) is 0 Å². The molecule has 1 aromatic carbocycles. The molecule has 0 radical (unpaired) electrons. The highest BCUT2D eigenvalue weighted by atomic mass is 35.5. The molecular formula is C12H11Cl2N. The van der Waals surface area contributed by atoms with Crippen LogP contribution in [0.4, 0.5) is 0 Å². The van der Waals surface area contributed by atoms with Gasteiger partial charge in [-0.05, 0) is 24.1 Å². The van der Waals surface area contributed by atoms with Gasteiger partial charge in [-0.3, -0.25) is 0 Å². The topological polar surface area (TPSA) is 23.8 Å². The Morgan fingerprint density at radius 2 is 1.93 bits per heavy atom. The molecule has 1 nitrogen and oxygen atoms in total. The molecule has 1 rings (SSSR count). The molecule has 0 N–H and O–H groups in total. The van der Waals surface area contributed by atoms with Crippen molar-refractivity contribution in [2.45, 2.75) is 19.8 Å². The van der Waals surface area contributed by atoms with Crippen LogP contribution in [-0.4, -0.2) is 0 Å². The number of rotatable bonds is 3. The average Bonchev–Trinajstić information content (AvgIpc) is 2.26. The molecular weight excluding hydrogens is 229 g/mol. The summed E-state index contributed by atoms with van der Waals surface area (Å²) in [7, 11) is 0. The fraction of sp³-hybridized carbons (Fsp3) is 0.250. The Morgan fingerprint density at radius 3 is 2.40 bits per heavy atom. The van der Waals surface area contributed by atoms with E-state index >= 15 is 0 Å². The molecule has 0 bridgehead atoms. The van der Waals surface area contributed by atoms with E-state index in [4.69, 9.17) is 28.5 Å². The first-order chi connectivity index (χ1) is 7.19. The van der Waals surface area contributed by atoms with E-state index in [-0.39, 0.29) is 0 Å². The van der Waals surface area contributed by atoms with Crippen molar-refractivity contribution in [1.82, 2.24) is 0 Å². The predicted octanol–water partition coefficient (Wildman–Crippen LogP) is 4.61. The van der Waals surface area contributed by atoms with Gasteiger partial charge in [0.05, 0.1) is 11.1 Å². The molecule has 0 unspecified atom stereocenters. The van der Waals surface area contributed by atoms with Crippen LogP contribution in [0.3, 0.4) is 0 Å². The summed E-state index contributed by atoms with van der Waals surface area (Å²) in [4.78, 5) is 0. The van der Waals surface area contributed by atoms with Crippen LogP contribution < -0.4 is 0 Å². The zero-order valence-corrected chi connectivity index (χ0v) is 9.94. The molecule has 78 valence electrons. The van der Waals surface area contributed by atoms with Gasteiger partial charge in [-0.25, -0.2) is 0 Å². The molecule has 0 aliphatic rings. The normalized spacial score (nSPS) is 11.9. The van der Waals surface area contributed by atoms with Crippen molar-refractivity contribution in [1.29, 1.82) is 5.26 Å². The summed E-state index contributed by atoms with van der Waals surface area (Å²) in [5.41, 5.74) is 1.47. The Bertz CT molecular complexity index is 399. The third-order valence-electron chi connectivity index (χ3n) is 2.00. The van der Waals surface area contributed by atoms with Crippen LogP contribution in [0.5, 0.6) is 0 Å². The van der Waals surface area contributed by atoms with Crippen molar-refractivity contribution < 1.29 is 0 Å². The first-order valence-corrected chi connectivity index (χ1v) is 5.49. The lowest BCUT2D eigenvalue weighted by Gasteiger charge is -2.02. The number of benzene rings is 1. The second kappa shape index (κ2) is 5.80. The van der Waals surface area contributed by atoms with Crippen LogP contribution in [0.25, 0.3) is 5.03 Å². The highest BCUT2D eigenvalue weighted by molar-refractivity contribution is 6.49. The summed E-state index contributed by atoms with van der Waals surface area (Å²) in [5.74, 6) is 0. The Kier molecular flexibility index (Phi) is 4.68. The minimum absolute atomic E-state index is 0.524. The SMILES string of the molecule is CCCC(C#N)=C(Cl)c1ccc(Cl)cc1. The first kappa shape index (κ1) is 12.1. The van der Waals surface area contributed by atoms with E-state index in [0.717, 1.165) is 12.0 Å². The maximum absolute atomic E-state index is 8.93. The third-order valence-corrected chi connectivity index (χ3v) is 2.70. The van der Waals surface area contributed by atoms with Crippen molar-refractivity contribution in [3.05, 3.63) is 40.4 Å². The van der Waals surface area contributed by atoms with Crippen molar-refractivity contribution in [2.24, 2.45) is 0 Å². The van der Waals surface area contributed by atoms with Crippen LogP contribution in [0.15, 0.2) is 29.8 Å². The average molecular weight is 240 g/mol. The van der Waals surface area contributed by atoms with E-state index in [1.54, 1.807) is 12.1 Å². The lowest BCUT2D eigenvalue weighted by Crippen LogP contribution is -1.84. The van der Waals surface area contributed by atoms with Crippen molar-refractivity contribution in [3.63, 3.8) is 0 Å². The molecule has 1 aromatic rings. The summed E-state index contributed by atoms with van der Waals surface area (Å²) in [6.07, 6.45) is 1.62. The van der Waals surface area contributed by atoms with Crippen LogP contribution in [0, 0.1) is 11.3 Å². The molecule has 3 heteroatoms. The Balaban J connectivity index is 3.06. The van der Waals surface area contributed by atoms with E-state index in [2.05, 4.69) is 6.07 Å². The zero-order chi connectivity index (χ0) is 11.3. The number of hydrogen-bond acceptors (Lipinski definition) is 1. The lowest BCUT2D eigenvalue weighted by molar-refractivity contribution is 0.933. The fourth-order valence-corrected chi connectivity index (χ4v) is 1.62. The van der Waals surface area contributed by atoms with Gasteiger partial charge in [-0.15, -0.1) is 0 Å². The molecule has 0 saturated carbocycles. The summed E-state index contributed by atoms with van der Waals surface area (Å²) in [5, 5.41) is 10.1.